The van der Waals surface area contributed by atoms with Gasteiger partial charge in [0.15, 0.2) is 0 Å². The van der Waals surface area contributed by atoms with Gasteiger partial charge in [-0.05, 0) is 37.3 Å². The van der Waals surface area contributed by atoms with Crippen LogP contribution < -0.4 is 9.64 Å². The van der Waals surface area contributed by atoms with Crippen molar-refractivity contribution >= 4 is 44.8 Å². The van der Waals surface area contributed by atoms with E-state index in [0.717, 1.165) is 44.6 Å². The van der Waals surface area contributed by atoms with Crippen LogP contribution >= 0.6 is 22.9 Å². The van der Waals surface area contributed by atoms with E-state index >= 15 is 0 Å². The molecule has 8 heteroatoms. The van der Waals surface area contributed by atoms with E-state index in [1.807, 2.05) is 13.1 Å². The highest BCUT2D eigenvalue weighted by Gasteiger charge is 2.26. The molecule has 0 aromatic carbocycles. The van der Waals surface area contributed by atoms with Crippen molar-refractivity contribution in [2.45, 2.75) is 32.6 Å². The average Bonchev–Trinajstić information content (AvgIpc) is 3.39. The number of aromatic nitrogens is 3. The van der Waals surface area contributed by atoms with Crippen LogP contribution in [0.2, 0.25) is 5.02 Å². The summed E-state index contributed by atoms with van der Waals surface area (Å²) in [6.45, 7) is 2.97. The molecule has 29 heavy (non-hydrogen) atoms. The molecular weight excluding hydrogens is 408 g/mol. The molecule has 0 unspecified atom stereocenters. The number of carbonyl (C=O) groups is 1. The van der Waals surface area contributed by atoms with E-state index in [1.165, 1.54) is 20.0 Å². The molecule has 3 aromatic heterocycles. The first-order valence-electron chi connectivity index (χ1n) is 9.61. The molecule has 3 aromatic rings. The van der Waals surface area contributed by atoms with Crippen LogP contribution in [-0.4, -0.2) is 41.4 Å². The number of halogens is 1. The summed E-state index contributed by atoms with van der Waals surface area (Å²) in [7, 11) is 3.60. The zero-order chi connectivity index (χ0) is 20.5. The molecule has 0 bridgehead atoms. The van der Waals surface area contributed by atoms with E-state index in [0.29, 0.717) is 17.3 Å². The first kappa shape index (κ1) is 20.0. The Balaban J connectivity index is 1.59. The highest BCUT2D eigenvalue weighted by atomic mass is 35.5. The van der Waals surface area contributed by atoms with Crippen molar-refractivity contribution < 1.29 is 9.53 Å². The van der Waals surface area contributed by atoms with Crippen LogP contribution in [0.25, 0.3) is 10.3 Å². The summed E-state index contributed by atoms with van der Waals surface area (Å²) in [5, 5.41) is 1.39. The lowest BCUT2D eigenvalue weighted by Crippen LogP contribution is -2.23. The predicted octanol–water partition coefficient (Wildman–Crippen LogP) is 4.26. The largest absolute Gasteiger partial charge is 0.480 e. The molecule has 3 heterocycles. The number of pyridine rings is 2. The SMILES string of the molecule is COc1ncc(CC(=O)Cc2cnc3sc(C)nc3c2N(C)CC2CC2)cc1Cl. The van der Waals surface area contributed by atoms with Crippen molar-refractivity contribution in [1.29, 1.82) is 0 Å². The van der Waals surface area contributed by atoms with E-state index in [1.54, 1.807) is 23.6 Å². The second-order valence-corrected chi connectivity index (χ2v) is 9.16. The molecule has 6 nitrogen and oxygen atoms in total. The van der Waals surface area contributed by atoms with Crippen molar-refractivity contribution in [2.75, 3.05) is 25.6 Å². The van der Waals surface area contributed by atoms with Crippen LogP contribution in [0.3, 0.4) is 0 Å². The summed E-state index contributed by atoms with van der Waals surface area (Å²) in [4.78, 5) is 29.4. The maximum absolute atomic E-state index is 12.8. The third-order valence-corrected chi connectivity index (χ3v) is 6.19. The lowest BCUT2D eigenvalue weighted by molar-refractivity contribution is -0.117. The molecule has 0 radical (unpaired) electrons. The van der Waals surface area contributed by atoms with Gasteiger partial charge < -0.3 is 9.64 Å². The summed E-state index contributed by atoms with van der Waals surface area (Å²) >= 11 is 7.72. The van der Waals surface area contributed by atoms with Crippen molar-refractivity contribution in [3.8, 4) is 5.88 Å². The number of thiazole rings is 1. The number of carbonyl (C=O) groups excluding carboxylic acids is 1. The summed E-state index contributed by atoms with van der Waals surface area (Å²) < 4.78 is 5.07. The van der Waals surface area contributed by atoms with Crippen LogP contribution in [-0.2, 0) is 17.6 Å². The van der Waals surface area contributed by atoms with Gasteiger partial charge in [-0.25, -0.2) is 15.0 Å². The molecule has 0 N–H and O–H groups in total. The molecule has 0 saturated heterocycles. The Morgan fingerprint density at radius 1 is 1.31 bits per heavy atom. The van der Waals surface area contributed by atoms with E-state index < -0.39 is 0 Å². The number of nitrogens with zero attached hydrogens (tertiary/aromatic N) is 4. The van der Waals surface area contributed by atoms with Crippen molar-refractivity contribution in [2.24, 2.45) is 5.92 Å². The third-order valence-electron chi connectivity index (χ3n) is 5.04. The first-order valence-corrected chi connectivity index (χ1v) is 10.8. The number of anilines is 1. The minimum atomic E-state index is 0.0854. The molecule has 1 aliphatic rings. The summed E-state index contributed by atoms with van der Waals surface area (Å²) in [6, 6.07) is 1.73. The standard InChI is InChI=1S/C21H23ClN4O2S/c1-12-25-18-19(26(2)11-13-4-5-13)15(10-24-21(18)29-12)8-16(27)6-14-7-17(22)20(28-3)23-9-14/h7,9-10,13H,4-6,8,11H2,1-3H3. The van der Waals surface area contributed by atoms with Crippen LogP contribution in [0.1, 0.15) is 29.0 Å². The molecule has 0 atom stereocenters. The fourth-order valence-corrected chi connectivity index (χ4v) is 4.58. The Kier molecular flexibility index (Phi) is 5.69. The van der Waals surface area contributed by atoms with Gasteiger partial charge in [0.05, 0.1) is 17.8 Å². The van der Waals surface area contributed by atoms with Gasteiger partial charge in [-0.1, -0.05) is 22.9 Å². The van der Waals surface area contributed by atoms with Crippen LogP contribution in [0, 0.1) is 12.8 Å². The van der Waals surface area contributed by atoms with Crippen LogP contribution in [0.5, 0.6) is 5.88 Å². The Labute approximate surface area is 178 Å². The Morgan fingerprint density at radius 2 is 2.10 bits per heavy atom. The van der Waals surface area contributed by atoms with E-state index in [2.05, 4.69) is 21.9 Å². The van der Waals surface area contributed by atoms with Gasteiger partial charge in [0.1, 0.15) is 21.2 Å². The Bertz CT molecular complexity index is 1060. The zero-order valence-electron chi connectivity index (χ0n) is 16.7. The van der Waals surface area contributed by atoms with Crippen LogP contribution in [0.15, 0.2) is 18.5 Å². The smallest absolute Gasteiger partial charge is 0.232 e. The summed E-state index contributed by atoms with van der Waals surface area (Å²) in [6.07, 6.45) is 6.57. The third kappa shape index (κ3) is 4.51. The number of hydrogen-bond acceptors (Lipinski definition) is 7. The van der Waals surface area contributed by atoms with Crippen molar-refractivity contribution in [3.05, 3.63) is 39.6 Å². The first-order chi connectivity index (χ1) is 13.9. The molecular formula is C21H23ClN4O2S. The normalized spacial score (nSPS) is 13.7. The van der Waals surface area contributed by atoms with Crippen molar-refractivity contribution in [1.82, 2.24) is 15.0 Å². The molecule has 1 saturated carbocycles. The molecule has 0 spiro atoms. The molecule has 1 aliphatic carbocycles. The summed E-state index contributed by atoms with van der Waals surface area (Å²) in [5.74, 6) is 1.18. The van der Waals surface area contributed by atoms with E-state index in [9.17, 15) is 4.79 Å². The summed E-state index contributed by atoms with van der Waals surface area (Å²) in [5.41, 5.74) is 3.62. The maximum atomic E-state index is 12.8. The lowest BCUT2D eigenvalue weighted by atomic mass is 10.0. The second-order valence-electron chi connectivity index (χ2n) is 7.57. The van der Waals surface area contributed by atoms with Gasteiger partial charge in [0.2, 0.25) is 5.88 Å². The van der Waals surface area contributed by atoms with Crippen molar-refractivity contribution in [3.63, 3.8) is 0 Å². The molecule has 4 rings (SSSR count). The number of fused-ring (bicyclic) bond motifs is 1. The minimum Gasteiger partial charge on any atom is -0.480 e. The zero-order valence-corrected chi connectivity index (χ0v) is 18.3. The average molecular weight is 431 g/mol. The number of methoxy groups -OCH3 is 1. The van der Waals surface area contributed by atoms with Crippen LogP contribution in [0.4, 0.5) is 5.69 Å². The Morgan fingerprint density at radius 3 is 2.79 bits per heavy atom. The second kappa shape index (κ2) is 8.24. The van der Waals surface area contributed by atoms with Gasteiger partial charge >= 0.3 is 0 Å². The van der Waals surface area contributed by atoms with Gasteiger partial charge in [-0.3, -0.25) is 4.79 Å². The number of hydrogen-bond donors (Lipinski definition) is 0. The molecule has 0 aliphatic heterocycles. The van der Waals surface area contributed by atoms with Gasteiger partial charge in [0, 0.05) is 44.4 Å². The van der Waals surface area contributed by atoms with Gasteiger partial charge in [0.25, 0.3) is 0 Å². The Hall–Kier alpha value is -2.25. The maximum Gasteiger partial charge on any atom is 0.232 e. The monoisotopic (exact) mass is 430 g/mol. The fourth-order valence-electron chi connectivity index (χ4n) is 3.56. The number of aryl methyl sites for hydroxylation is 1. The number of ketones is 1. The molecule has 152 valence electrons. The minimum absolute atomic E-state index is 0.0854. The van der Waals surface area contributed by atoms with Gasteiger partial charge in [-0.2, -0.15) is 0 Å². The number of ether oxygens (including phenoxy) is 1. The van der Waals surface area contributed by atoms with E-state index in [4.69, 9.17) is 21.3 Å². The number of rotatable bonds is 8. The topological polar surface area (TPSA) is 68.2 Å². The quantitative estimate of drug-likeness (QED) is 0.532. The highest BCUT2D eigenvalue weighted by molar-refractivity contribution is 7.18. The lowest BCUT2D eigenvalue weighted by Gasteiger charge is -2.22. The predicted molar refractivity (Wildman–Crippen MR) is 116 cm³/mol. The number of Topliss-reactive ketones (excluding diaryl/α,β-unsaturated/α-hetero) is 1. The fraction of sp³-hybridized carbons (Fsp3) is 0.429. The van der Waals surface area contributed by atoms with E-state index in [-0.39, 0.29) is 12.2 Å². The molecule has 1 fully saturated rings. The molecule has 0 amide bonds. The highest BCUT2D eigenvalue weighted by Crippen LogP contribution is 2.36. The van der Waals surface area contributed by atoms with Gasteiger partial charge in [-0.15, -0.1) is 0 Å².